The highest BCUT2D eigenvalue weighted by molar-refractivity contribution is 6.42. The molecule has 5 rings (SSSR count). The molecule has 46 heavy (non-hydrogen) atoms. The van der Waals surface area contributed by atoms with Gasteiger partial charge in [0.25, 0.3) is 5.91 Å². The number of primary amides is 2. The minimum Gasteiger partial charge on any atom is -0.368 e. The van der Waals surface area contributed by atoms with Crippen molar-refractivity contribution in [3.63, 3.8) is 0 Å². The van der Waals surface area contributed by atoms with E-state index >= 15 is 0 Å². The number of nitriles is 1. The van der Waals surface area contributed by atoms with Crippen LogP contribution in [-0.4, -0.2) is 83.8 Å². The Bertz CT molecular complexity index is 1640. The van der Waals surface area contributed by atoms with Crippen LogP contribution in [0.1, 0.15) is 65.9 Å². The van der Waals surface area contributed by atoms with Gasteiger partial charge >= 0.3 is 0 Å². The molecule has 3 aromatic rings. The van der Waals surface area contributed by atoms with E-state index in [9.17, 15) is 19.6 Å². The minimum atomic E-state index is -0.640. The zero-order valence-corrected chi connectivity index (χ0v) is 27.4. The Hall–Kier alpha value is -3.68. The highest BCUT2D eigenvalue weighted by atomic mass is 35.5. The second-order valence-corrected chi connectivity index (χ2v) is 13.3. The predicted octanol–water partition coefficient (Wildman–Crippen LogP) is 4.93. The van der Waals surface area contributed by atoms with Crippen LogP contribution in [0.25, 0.3) is 10.8 Å². The van der Waals surface area contributed by atoms with Crippen LogP contribution in [0.2, 0.25) is 10.0 Å². The monoisotopic (exact) mass is 662 g/mol. The number of fused-ring (bicyclic) bond motifs is 1. The van der Waals surface area contributed by atoms with Gasteiger partial charge in [-0.25, -0.2) is 0 Å². The van der Waals surface area contributed by atoms with E-state index < -0.39 is 11.4 Å². The van der Waals surface area contributed by atoms with Crippen LogP contribution < -0.4 is 11.5 Å². The van der Waals surface area contributed by atoms with Crippen LogP contribution in [0.5, 0.6) is 0 Å². The Morgan fingerprint density at radius 2 is 1.65 bits per heavy atom. The van der Waals surface area contributed by atoms with Crippen molar-refractivity contribution >= 4 is 51.7 Å². The molecule has 0 bridgehead atoms. The first-order valence-electron chi connectivity index (χ1n) is 15.8. The van der Waals surface area contributed by atoms with E-state index in [1.54, 1.807) is 24.3 Å². The first-order chi connectivity index (χ1) is 22.1. The van der Waals surface area contributed by atoms with Gasteiger partial charge in [0, 0.05) is 31.1 Å². The Morgan fingerprint density at radius 1 is 0.935 bits per heavy atom. The summed E-state index contributed by atoms with van der Waals surface area (Å²) >= 11 is 12.7. The maximum atomic E-state index is 14.1. The number of nitrogens with two attached hydrogens (primary N) is 2. The number of halogens is 2. The van der Waals surface area contributed by atoms with Gasteiger partial charge in [-0.1, -0.05) is 60.0 Å². The Labute approximate surface area is 280 Å². The van der Waals surface area contributed by atoms with E-state index in [2.05, 4.69) is 15.9 Å². The number of nitrogens with zero attached hydrogens (tertiary/aromatic N) is 4. The smallest absolute Gasteiger partial charge is 0.255 e. The number of likely N-dealkylation sites (tertiary alicyclic amines) is 2. The van der Waals surface area contributed by atoms with Crippen molar-refractivity contribution in [1.82, 2.24) is 14.7 Å². The second kappa shape index (κ2) is 14.8. The summed E-state index contributed by atoms with van der Waals surface area (Å²) in [5.41, 5.74) is 12.6. The van der Waals surface area contributed by atoms with Crippen molar-refractivity contribution in [2.75, 3.05) is 45.8 Å². The minimum absolute atomic E-state index is 0.192. The van der Waals surface area contributed by atoms with Gasteiger partial charge in [-0.3, -0.25) is 19.3 Å². The second-order valence-electron chi connectivity index (χ2n) is 12.5. The molecule has 2 aliphatic rings. The average molecular weight is 664 g/mol. The molecule has 0 unspecified atom stereocenters. The van der Waals surface area contributed by atoms with Crippen molar-refractivity contribution in [3.05, 3.63) is 81.3 Å². The highest BCUT2D eigenvalue weighted by Crippen LogP contribution is 2.34. The SMILES string of the molecule is N#Cc1cc(C(=O)N(CC(N)=O)C[C@@H](CCN2CCC(C(N)=O)(N3CCCCC3)CC2)c2ccc(Cl)c(Cl)c2)c2ccccc2c1. The van der Waals surface area contributed by atoms with E-state index in [-0.39, 0.29) is 30.8 Å². The topological polar surface area (TPSA) is 137 Å². The molecule has 0 saturated carbocycles. The lowest BCUT2D eigenvalue weighted by atomic mass is 9.83. The molecule has 242 valence electrons. The number of piperidine rings is 2. The largest absolute Gasteiger partial charge is 0.368 e. The van der Waals surface area contributed by atoms with E-state index in [0.29, 0.717) is 52.4 Å². The van der Waals surface area contributed by atoms with Gasteiger partial charge in [-0.2, -0.15) is 5.26 Å². The summed E-state index contributed by atoms with van der Waals surface area (Å²) < 4.78 is 0. The summed E-state index contributed by atoms with van der Waals surface area (Å²) in [6, 6.07) is 18.2. The number of benzene rings is 3. The molecule has 0 spiro atoms. The summed E-state index contributed by atoms with van der Waals surface area (Å²) in [4.78, 5) is 45.3. The Morgan fingerprint density at radius 3 is 2.30 bits per heavy atom. The molecular formula is C35H40Cl2N6O3. The van der Waals surface area contributed by atoms with Gasteiger partial charge in [0.15, 0.2) is 0 Å². The van der Waals surface area contributed by atoms with Crippen LogP contribution in [-0.2, 0) is 9.59 Å². The fraction of sp³-hybridized carbons (Fsp3) is 0.429. The van der Waals surface area contributed by atoms with Crippen LogP contribution in [0.15, 0.2) is 54.6 Å². The molecule has 0 aliphatic carbocycles. The maximum Gasteiger partial charge on any atom is 0.255 e. The lowest BCUT2D eigenvalue weighted by Crippen LogP contribution is -2.63. The highest BCUT2D eigenvalue weighted by Gasteiger charge is 2.45. The lowest BCUT2D eigenvalue weighted by Gasteiger charge is -2.48. The summed E-state index contributed by atoms with van der Waals surface area (Å²) in [5.74, 6) is -1.48. The van der Waals surface area contributed by atoms with Gasteiger partial charge in [-0.05, 0) is 92.3 Å². The number of hydrogen-bond donors (Lipinski definition) is 2. The molecule has 3 amide bonds. The van der Waals surface area contributed by atoms with Gasteiger partial charge in [0.2, 0.25) is 11.8 Å². The molecule has 2 saturated heterocycles. The van der Waals surface area contributed by atoms with Crippen LogP contribution in [0.4, 0.5) is 0 Å². The molecule has 2 fully saturated rings. The first kappa shape index (κ1) is 33.7. The third kappa shape index (κ3) is 7.48. The van der Waals surface area contributed by atoms with Crippen LogP contribution >= 0.6 is 23.2 Å². The zero-order valence-electron chi connectivity index (χ0n) is 25.9. The van der Waals surface area contributed by atoms with Crippen LogP contribution in [0.3, 0.4) is 0 Å². The summed E-state index contributed by atoms with van der Waals surface area (Å²) in [6.45, 7) is 3.86. The number of amides is 3. The molecule has 9 nitrogen and oxygen atoms in total. The fourth-order valence-electron chi connectivity index (χ4n) is 7.05. The third-order valence-corrected chi connectivity index (χ3v) is 10.3. The van der Waals surface area contributed by atoms with E-state index in [1.807, 2.05) is 30.3 Å². The molecule has 1 atom stereocenters. The maximum absolute atomic E-state index is 14.1. The molecule has 0 radical (unpaired) electrons. The molecule has 2 heterocycles. The first-order valence-corrected chi connectivity index (χ1v) is 16.6. The number of carbonyl (C=O) groups excluding carboxylic acids is 3. The summed E-state index contributed by atoms with van der Waals surface area (Å²) in [5, 5.41) is 11.9. The van der Waals surface area contributed by atoms with Crippen molar-refractivity contribution in [1.29, 1.82) is 5.26 Å². The van der Waals surface area contributed by atoms with Gasteiger partial charge in [-0.15, -0.1) is 0 Å². The summed E-state index contributed by atoms with van der Waals surface area (Å²) in [7, 11) is 0. The quantitative estimate of drug-likeness (QED) is 0.299. The predicted molar refractivity (Wildman–Crippen MR) is 181 cm³/mol. The number of carbonyl (C=O) groups is 3. The van der Waals surface area contributed by atoms with E-state index in [0.717, 1.165) is 50.0 Å². The number of hydrogen-bond acceptors (Lipinski definition) is 6. The van der Waals surface area contributed by atoms with Crippen molar-refractivity contribution < 1.29 is 14.4 Å². The molecular weight excluding hydrogens is 623 g/mol. The van der Waals surface area contributed by atoms with Crippen molar-refractivity contribution in [2.24, 2.45) is 11.5 Å². The lowest BCUT2D eigenvalue weighted by molar-refractivity contribution is -0.135. The normalized spacial score (nSPS) is 17.7. The van der Waals surface area contributed by atoms with E-state index in [4.69, 9.17) is 34.7 Å². The molecule has 11 heteroatoms. The average Bonchev–Trinajstić information content (AvgIpc) is 3.06. The summed E-state index contributed by atoms with van der Waals surface area (Å²) in [6.07, 6.45) is 5.35. The van der Waals surface area contributed by atoms with Crippen molar-refractivity contribution in [2.45, 2.75) is 50.0 Å². The number of rotatable bonds is 11. The fourth-order valence-corrected chi connectivity index (χ4v) is 7.36. The van der Waals surface area contributed by atoms with E-state index in [1.165, 1.54) is 11.3 Å². The molecule has 2 aliphatic heterocycles. The Balaban J connectivity index is 1.38. The van der Waals surface area contributed by atoms with Gasteiger partial charge < -0.3 is 21.3 Å². The molecule has 3 aromatic carbocycles. The molecule has 0 aromatic heterocycles. The standard InChI is InChI=1S/C35H40Cl2N6O3/c36-30-9-8-25(20-31(30)37)27(10-15-41-16-11-35(12-17-41,34(40)46)43-13-4-1-5-14-43)22-42(23-32(39)44)33(45)29-19-24(21-38)18-26-6-2-3-7-28(26)29/h2-3,6-9,18-20,27H,1,4-5,10-17,22-23H2,(H2,39,44)(H2,40,46)/t27-/m1/s1. The Kier molecular flexibility index (Phi) is 10.9. The van der Waals surface area contributed by atoms with Gasteiger partial charge in [0.05, 0.1) is 28.2 Å². The van der Waals surface area contributed by atoms with Gasteiger partial charge in [0.1, 0.15) is 5.54 Å². The third-order valence-electron chi connectivity index (χ3n) is 9.61. The zero-order chi connectivity index (χ0) is 32.8. The molecule has 4 N–H and O–H groups in total. The van der Waals surface area contributed by atoms with Crippen LogP contribution in [0, 0.1) is 11.3 Å². The van der Waals surface area contributed by atoms with Crippen molar-refractivity contribution in [3.8, 4) is 6.07 Å².